The monoisotopic (exact) mass is 395 g/mol. The van der Waals surface area contributed by atoms with E-state index in [1.54, 1.807) is 0 Å². The number of nitro groups is 2. The van der Waals surface area contributed by atoms with Crippen LogP contribution in [0, 0.1) is 20.2 Å². The number of non-ortho nitro benzene ring substituents is 2. The zero-order valence-electron chi connectivity index (χ0n) is 12.8. The summed E-state index contributed by atoms with van der Waals surface area (Å²) in [7, 11) is 0. The fourth-order valence-corrected chi connectivity index (χ4v) is 2.10. The predicted octanol–water partition coefficient (Wildman–Crippen LogP) is 5.28. The topological polar surface area (TPSA) is 98.3 Å². The SMILES string of the molecule is O=[N+]([O-])c1cc(Nc2ccc([N+](=O)[O-])cc2C(F)(F)F)cc(C(F)(F)F)c1. The quantitative estimate of drug-likeness (QED) is 0.431. The van der Waals surface area contributed by atoms with Crippen LogP contribution >= 0.6 is 0 Å². The van der Waals surface area contributed by atoms with Crippen molar-refractivity contribution >= 4 is 22.7 Å². The van der Waals surface area contributed by atoms with Crippen molar-refractivity contribution in [2.24, 2.45) is 0 Å². The molecule has 0 atom stereocenters. The second kappa shape index (κ2) is 6.74. The Bertz CT molecular complexity index is 911. The maximum atomic E-state index is 13.1. The van der Waals surface area contributed by atoms with Gasteiger partial charge >= 0.3 is 12.4 Å². The minimum atomic E-state index is -5.07. The van der Waals surface area contributed by atoms with Gasteiger partial charge < -0.3 is 5.32 Å². The van der Waals surface area contributed by atoms with E-state index in [9.17, 15) is 46.6 Å². The average Bonchev–Trinajstić information content (AvgIpc) is 2.52. The van der Waals surface area contributed by atoms with Crippen molar-refractivity contribution in [3.05, 3.63) is 67.8 Å². The van der Waals surface area contributed by atoms with Gasteiger partial charge in [0, 0.05) is 30.0 Å². The molecule has 0 heterocycles. The lowest BCUT2D eigenvalue weighted by Gasteiger charge is -2.15. The van der Waals surface area contributed by atoms with E-state index in [1.165, 1.54) is 0 Å². The van der Waals surface area contributed by atoms with Crippen molar-refractivity contribution in [2.45, 2.75) is 12.4 Å². The minimum absolute atomic E-state index is 0.199. The molecule has 13 heteroatoms. The van der Waals surface area contributed by atoms with E-state index in [1.807, 2.05) is 5.32 Å². The summed E-state index contributed by atoms with van der Waals surface area (Å²) < 4.78 is 77.9. The molecule has 0 saturated heterocycles. The third kappa shape index (κ3) is 4.62. The zero-order chi connectivity index (χ0) is 20.6. The Labute approximate surface area is 145 Å². The molecule has 0 aromatic heterocycles. The standard InChI is InChI=1S/C14H7F6N3O4/c15-13(16,17)7-3-8(5-10(4-7)23(26)27)21-12-2-1-9(22(24)25)6-11(12)14(18,19)20/h1-6,21H. The summed E-state index contributed by atoms with van der Waals surface area (Å²) in [5.41, 5.74) is -6.30. The highest BCUT2D eigenvalue weighted by Gasteiger charge is 2.36. The highest BCUT2D eigenvalue weighted by atomic mass is 19.4. The van der Waals surface area contributed by atoms with Crippen LogP contribution in [0.25, 0.3) is 0 Å². The number of hydrogen-bond acceptors (Lipinski definition) is 5. The Morgan fingerprint density at radius 3 is 1.85 bits per heavy atom. The minimum Gasteiger partial charge on any atom is -0.355 e. The number of halogens is 6. The second-order valence-electron chi connectivity index (χ2n) is 5.13. The molecule has 0 radical (unpaired) electrons. The summed E-state index contributed by atoms with van der Waals surface area (Å²) in [4.78, 5) is 19.2. The molecular formula is C14H7F6N3O4. The Morgan fingerprint density at radius 1 is 0.778 bits per heavy atom. The fourth-order valence-electron chi connectivity index (χ4n) is 2.10. The predicted molar refractivity (Wildman–Crippen MR) is 79.5 cm³/mol. The first-order valence-corrected chi connectivity index (χ1v) is 6.78. The average molecular weight is 395 g/mol. The Morgan fingerprint density at radius 2 is 1.37 bits per heavy atom. The van der Waals surface area contributed by atoms with E-state index in [0.717, 1.165) is 0 Å². The molecule has 2 aromatic rings. The molecule has 0 aliphatic heterocycles. The molecule has 2 rings (SSSR count). The van der Waals surface area contributed by atoms with Crippen LogP contribution in [0.2, 0.25) is 0 Å². The summed E-state index contributed by atoms with van der Waals surface area (Å²) in [6.45, 7) is 0. The molecule has 0 fully saturated rings. The van der Waals surface area contributed by atoms with Crippen molar-refractivity contribution in [2.75, 3.05) is 5.32 Å². The third-order valence-electron chi connectivity index (χ3n) is 3.25. The van der Waals surface area contributed by atoms with Crippen molar-refractivity contribution in [1.82, 2.24) is 0 Å². The van der Waals surface area contributed by atoms with E-state index in [2.05, 4.69) is 0 Å². The lowest BCUT2D eigenvalue weighted by molar-refractivity contribution is -0.385. The van der Waals surface area contributed by atoms with Crippen LogP contribution in [0.15, 0.2) is 36.4 Å². The summed E-state index contributed by atoms with van der Waals surface area (Å²) >= 11 is 0. The van der Waals surface area contributed by atoms with Gasteiger partial charge in [-0.15, -0.1) is 0 Å². The Hall–Kier alpha value is -3.38. The zero-order valence-corrected chi connectivity index (χ0v) is 12.8. The first-order valence-electron chi connectivity index (χ1n) is 6.78. The maximum absolute atomic E-state index is 13.1. The number of nitrogens with zero attached hydrogens (tertiary/aromatic N) is 2. The molecular weight excluding hydrogens is 388 g/mol. The molecule has 0 spiro atoms. The van der Waals surface area contributed by atoms with Crippen LogP contribution in [0.1, 0.15) is 11.1 Å². The Kier molecular flexibility index (Phi) is 4.97. The van der Waals surface area contributed by atoms with E-state index in [4.69, 9.17) is 0 Å². The highest BCUT2D eigenvalue weighted by Crippen LogP contribution is 2.40. The molecule has 2 aromatic carbocycles. The largest absolute Gasteiger partial charge is 0.418 e. The van der Waals surface area contributed by atoms with Crippen molar-refractivity contribution < 1.29 is 36.2 Å². The van der Waals surface area contributed by atoms with Crippen LogP contribution in [0.3, 0.4) is 0 Å². The number of rotatable bonds is 4. The number of nitrogens with one attached hydrogen (secondary N) is 1. The number of alkyl halides is 6. The second-order valence-corrected chi connectivity index (χ2v) is 5.13. The van der Waals surface area contributed by atoms with Gasteiger partial charge in [0.2, 0.25) is 0 Å². The van der Waals surface area contributed by atoms with Crippen LogP contribution < -0.4 is 5.32 Å². The molecule has 0 aliphatic rings. The van der Waals surface area contributed by atoms with Crippen LogP contribution in [0.4, 0.5) is 49.1 Å². The van der Waals surface area contributed by atoms with E-state index in [-0.39, 0.29) is 12.1 Å². The lowest BCUT2D eigenvalue weighted by Crippen LogP contribution is -2.11. The number of anilines is 2. The van der Waals surface area contributed by atoms with Crippen molar-refractivity contribution in [3.63, 3.8) is 0 Å². The third-order valence-corrected chi connectivity index (χ3v) is 3.25. The fraction of sp³-hybridized carbons (Fsp3) is 0.143. The summed E-state index contributed by atoms with van der Waals surface area (Å²) in [6.07, 6.45) is -10.0. The molecule has 1 N–H and O–H groups in total. The molecule has 7 nitrogen and oxygen atoms in total. The van der Waals surface area contributed by atoms with Gasteiger partial charge in [-0.25, -0.2) is 0 Å². The summed E-state index contributed by atoms with van der Waals surface area (Å²) in [6, 6.07) is 2.77. The van der Waals surface area contributed by atoms with Crippen molar-refractivity contribution in [3.8, 4) is 0 Å². The van der Waals surface area contributed by atoms with Crippen LogP contribution in [0.5, 0.6) is 0 Å². The molecule has 0 unspecified atom stereocenters. The van der Waals surface area contributed by atoms with Crippen molar-refractivity contribution in [1.29, 1.82) is 0 Å². The summed E-state index contributed by atoms with van der Waals surface area (Å²) in [5.74, 6) is 0. The van der Waals surface area contributed by atoms with E-state index >= 15 is 0 Å². The van der Waals surface area contributed by atoms with Gasteiger partial charge in [-0.05, 0) is 12.1 Å². The van der Waals surface area contributed by atoms with E-state index in [0.29, 0.717) is 24.3 Å². The normalized spacial score (nSPS) is 11.9. The number of hydrogen-bond donors (Lipinski definition) is 1. The van der Waals surface area contributed by atoms with Gasteiger partial charge in [-0.1, -0.05) is 0 Å². The molecule has 0 bridgehead atoms. The molecule has 0 aliphatic carbocycles. The molecule has 0 saturated carbocycles. The lowest BCUT2D eigenvalue weighted by atomic mass is 10.1. The van der Waals surface area contributed by atoms with Crippen LogP contribution in [-0.4, -0.2) is 9.85 Å². The van der Waals surface area contributed by atoms with Gasteiger partial charge in [0.1, 0.15) is 0 Å². The number of nitro benzene ring substituents is 2. The summed E-state index contributed by atoms with van der Waals surface area (Å²) in [5, 5.41) is 23.4. The molecule has 27 heavy (non-hydrogen) atoms. The van der Waals surface area contributed by atoms with Crippen LogP contribution in [-0.2, 0) is 12.4 Å². The van der Waals surface area contributed by atoms with Gasteiger partial charge in [-0.2, -0.15) is 26.3 Å². The first-order chi connectivity index (χ1) is 12.3. The first kappa shape index (κ1) is 19.9. The number of benzene rings is 2. The Balaban J connectivity index is 2.58. The van der Waals surface area contributed by atoms with Gasteiger partial charge in [0.05, 0.1) is 26.7 Å². The van der Waals surface area contributed by atoms with Gasteiger partial charge in [-0.3, -0.25) is 20.2 Å². The maximum Gasteiger partial charge on any atom is 0.418 e. The molecule has 144 valence electrons. The van der Waals surface area contributed by atoms with Gasteiger partial charge in [0.15, 0.2) is 0 Å². The van der Waals surface area contributed by atoms with Gasteiger partial charge in [0.25, 0.3) is 11.4 Å². The smallest absolute Gasteiger partial charge is 0.355 e. The highest BCUT2D eigenvalue weighted by molar-refractivity contribution is 5.68. The molecule has 0 amide bonds. The van der Waals surface area contributed by atoms with E-state index < -0.39 is 56.1 Å².